The van der Waals surface area contributed by atoms with Crippen molar-refractivity contribution in [1.29, 1.82) is 0 Å². The molecule has 0 spiro atoms. The molecule has 31 heavy (non-hydrogen) atoms. The average molecular weight is 422 g/mol. The van der Waals surface area contributed by atoms with Gasteiger partial charge in [-0.05, 0) is 55.2 Å². The Morgan fingerprint density at radius 1 is 1.13 bits per heavy atom. The fourth-order valence-electron chi connectivity index (χ4n) is 3.44. The maximum atomic E-state index is 12.6. The number of Topliss-reactive ketones (excluding diaryl/α,β-unsaturated/α-hetero) is 1. The van der Waals surface area contributed by atoms with E-state index in [1.165, 1.54) is 0 Å². The van der Waals surface area contributed by atoms with Gasteiger partial charge in [0.2, 0.25) is 5.91 Å². The molecule has 162 valence electrons. The van der Waals surface area contributed by atoms with Gasteiger partial charge in [0, 0.05) is 16.8 Å². The van der Waals surface area contributed by atoms with Crippen LogP contribution in [0.4, 0.5) is 5.69 Å². The van der Waals surface area contributed by atoms with Crippen LogP contribution in [0.2, 0.25) is 0 Å². The summed E-state index contributed by atoms with van der Waals surface area (Å²) in [5, 5.41) is 5.46. The zero-order valence-electron chi connectivity index (χ0n) is 18.0. The summed E-state index contributed by atoms with van der Waals surface area (Å²) in [6, 6.07) is 11.1. The van der Waals surface area contributed by atoms with Crippen molar-refractivity contribution in [2.24, 2.45) is 5.92 Å². The molecular formula is C24H26N2O5. The van der Waals surface area contributed by atoms with E-state index in [0.29, 0.717) is 16.8 Å². The predicted octanol–water partition coefficient (Wildman–Crippen LogP) is 3.23. The number of benzene rings is 2. The number of hydrogen-bond acceptors (Lipinski definition) is 5. The number of carbonyl (C=O) groups excluding carboxylic acids is 4. The fraction of sp³-hybridized carbons (Fsp3) is 0.333. The smallest absolute Gasteiger partial charge is 0.329 e. The zero-order valence-corrected chi connectivity index (χ0v) is 18.0. The summed E-state index contributed by atoms with van der Waals surface area (Å²) in [7, 11) is 0. The van der Waals surface area contributed by atoms with E-state index in [0.717, 1.165) is 11.1 Å². The maximum Gasteiger partial charge on any atom is 0.329 e. The molecule has 0 radical (unpaired) electrons. The lowest BCUT2D eigenvalue weighted by Gasteiger charge is -2.21. The summed E-state index contributed by atoms with van der Waals surface area (Å²) >= 11 is 0. The van der Waals surface area contributed by atoms with Gasteiger partial charge in [-0.1, -0.05) is 32.0 Å². The number of amides is 2. The minimum Gasteiger partial charge on any atom is -0.456 e. The Hall–Kier alpha value is -3.48. The highest BCUT2D eigenvalue weighted by Crippen LogP contribution is 2.32. The number of ether oxygens (including phenoxy) is 1. The van der Waals surface area contributed by atoms with Gasteiger partial charge < -0.3 is 15.4 Å². The van der Waals surface area contributed by atoms with Crippen molar-refractivity contribution in [3.8, 4) is 0 Å². The van der Waals surface area contributed by atoms with Gasteiger partial charge in [-0.15, -0.1) is 0 Å². The molecule has 7 heteroatoms. The van der Waals surface area contributed by atoms with Gasteiger partial charge in [-0.25, -0.2) is 4.79 Å². The highest BCUT2D eigenvalue weighted by molar-refractivity contribution is 6.05. The molecule has 1 heterocycles. The van der Waals surface area contributed by atoms with E-state index in [1.807, 2.05) is 19.1 Å². The SMILES string of the molecule is Cc1ccccc1C(=O)N[C@H](C(=O)OCC(=O)c1ccc2c(c1)[C@@H](C)C(=O)N2)C(C)C. The van der Waals surface area contributed by atoms with E-state index in [4.69, 9.17) is 4.74 Å². The summed E-state index contributed by atoms with van der Waals surface area (Å²) in [5.74, 6) is -2.10. The third kappa shape index (κ3) is 4.82. The van der Waals surface area contributed by atoms with Gasteiger partial charge in [0.25, 0.3) is 5.91 Å². The van der Waals surface area contributed by atoms with Gasteiger partial charge in [0.1, 0.15) is 6.04 Å². The third-order valence-corrected chi connectivity index (χ3v) is 5.43. The van der Waals surface area contributed by atoms with Crippen LogP contribution in [0.5, 0.6) is 0 Å². The molecule has 0 aromatic heterocycles. The van der Waals surface area contributed by atoms with Crippen LogP contribution in [-0.2, 0) is 14.3 Å². The average Bonchev–Trinajstić information content (AvgIpc) is 3.03. The predicted molar refractivity (Wildman–Crippen MR) is 116 cm³/mol. The number of rotatable bonds is 7. The molecule has 7 nitrogen and oxygen atoms in total. The molecule has 2 amide bonds. The van der Waals surface area contributed by atoms with Crippen LogP contribution in [-0.4, -0.2) is 36.2 Å². The summed E-state index contributed by atoms with van der Waals surface area (Å²) in [5.41, 5.74) is 3.06. The molecule has 1 aliphatic heterocycles. The second-order valence-electron chi connectivity index (χ2n) is 8.05. The van der Waals surface area contributed by atoms with Gasteiger partial charge in [0.15, 0.2) is 12.4 Å². The molecule has 0 unspecified atom stereocenters. The Balaban J connectivity index is 1.64. The molecule has 2 atom stereocenters. The van der Waals surface area contributed by atoms with Crippen LogP contribution in [0, 0.1) is 12.8 Å². The Kier molecular flexibility index (Phi) is 6.53. The van der Waals surface area contributed by atoms with Crippen LogP contribution < -0.4 is 10.6 Å². The van der Waals surface area contributed by atoms with Gasteiger partial charge >= 0.3 is 5.97 Å². The molecule has 0 saturated heterocycles. The standard InChI is InChI=1S/C24H26N2O5/c1-13(2)21(26-23(29)17-8-6-5-7-14(17)3)24(30)31-12-20(27)16-9-10-19-18(11-16)15(4)22(28)25-19/h5-11,13,15,21H,12H2,1-4H3,(H,25,28)(H,26,29)/t15-,21+/m1/s1. The van der Waals surface area contributed by atoms with Gasteiger partial charge in [-0.3, -0.25) is 14.4 Å². The molecule has 2 aromatic carbocycles. The van der Waals surface area contributed by atoms with Crippen molar-refractivity contribution in [3.63, 3.8) is 0 Å². The highest BCUT2D eigenvalue weighted by Gasteiger charge is 2.29. The Morgan fingerprint density at radius 2 is 1.84 bits per heavy atom. The number of carbonyl (C=O) groups is 4. The van der Waals surface area contributed by atoms with E-state index in [1.54, 1.807) is 51.1 Å². The molecule has 3 rings (SSSR count). The summed E-state index contributed by atoms with van der Waals surface area (Å²) < 4.78 is 5.23. The summed E-state index contributed by atoms with van der Waals surface area (Å²) in [6.45, 7) is 6.71. The largest absolute Gasteiger partial charge is 0.456 e. The van der Waals surface area contributed by atoms with Crippen LogP contribution in [0.25, 0.3) is 0 Å². The number of hydrogen-bond donors (Lipinski definition) is 2. The van der Waals surface area contributed by atoms with E-state index < -0.39 is 18.6 Å². The molecular weight excluding hydrogens is 396 g/mol. The van der Waals surface area contributed by atoms with E-state index in [2.05, 4.69) is 10.6 Å². The van der Waals surface area contributed by atoms with E-state index in [9.17, 15) is 19.2 Å². The second-order valence-corrected chi connectivity index (χ2v) is 8.05. The summed E-state index contributed by atoms with van der Waals surface area (Å²) in [6.07, 6.45) is 0. The van der Waals surface area contributed by atoms with Crippen molar-refractivity contribution >= 4 is 29.3 Å². The quantitative estimate of drug-likeness (QED) is 0.527. The number of aryl methyl sites for hydroxylation is 1. The maximum absolute atomic E-state index is 12.6. The highest BCUT2D eigenvalue weighted by atomic mass is 16.5. The normalized spacial score (nSPS) is 15.8. The number of anilines is 1. The molecule has 1 aliphatic rings. The number of esters is 1. The third-order valence-electron chi connectivity index (χ3n) is 5.43. The second kappa shape index (κ2) is 9.12. The number of fused-ring (bicyclic) bond motifs is 1. The molecule has 0 saturated carbocycles. The van der Waals surface area contributed by atoms with Crippen LogP contribution in [0.1, 0.15) is 58.5 Å². The molecule has 2 aromatic rings. The monoisotopic (exact) mass is 422 g/mol. The Labute approximate surface area is 181 Å². The van der Waals surface area contributed by atoms with Crippen LogP contribution in [0.3, 0.4) is 0 Å². The van der Waals surface area contributed by atoms with Crippen LogP contribution in [0.15, 0.2) is 42.5 Å². The fourth-order valence-corrected chi connectivity index (χ4v) is 3.44. The van der Waals surface area contributed by atoms with Crippen molar-refractivity contribution in [1.82, 2.24) is 5.32 Å². The number of nitrogens with one attached hydrogen (secondary N) is 2. The van der Waals surface area contributed by atoms with E-state index in [-0.39, 0.29) is 29.4 Å². The molecule has 0 fully saturated rings. The minimum atomic E-state index is -0.887. The van der Waals surface area contributed by atoms with E-state index >= 15 is 0 Å². The van der Waals surface area contributed by atoms with Crippen molar-refractivity contribution in [2.75, 3.05) is 11.9 Å². The summed E-state index contributed by atoms with van der Waals surface area (Å²) in [4.78, 5) is 49.5. The Bertz CT molecular complexity index is 1040. The molecule has 0 aliphatic carbocycles. The minimum absolute atomic E-state index is 0.116. The Morgan fingerprint density at radius 3 is 2.52 bits per heavy atom. The first-order valence-corrected chi connectivity index (χ1v) is 10.2. The first kappa shape index (κ1) is 22.2. The first-order chi connectivity index (χ1) is 14.7. The van der Waals surface area contributed by atoms with Crippen molar-refractivity contribution in [3.05, 3.63) is 64.7 Å². The molecule has 2 N–H and O–H groups in total. The van der Waals surface area contributed by atoms with Crippen molar-refractivity contribution in [2.45, 2.75) is 39.7 Å². The lowest BCUT2D eigenvalue weighted by molar-refractivity contribution is -0.146. The van der Waals surface area contributed by atoms with Gasteiger partial charge in [-0.2, -0.15) is 0 Å². The van der Waals surface area contributed by atoms with Crippen LogP contribution >= 0.6 is 0 Å². The lowest BCUT2D eigenvalue weighted by atomic mass is 9.99. The van der Waals surface area contributed by atoms with Gasteiger partial charge in [0.05, 0.1) is 5.92 Å². The van der Waals surface area contributed by atoms with Crippen molar-refractivity contribution < 1.29 is 23.9 Å². The molecule has 0 bridgehead atoms. The lowest BCUT2D eigenvalue weighted by Crippen LogP contribution is -2.45. The first-order valence-electron chi connectivity index (χ1n) is 10.2. The number of ketones is 1. The topological polar surface area (TPSA) is 102 Å². The zero-order chi connectivity index (χ0) is 22.7.